The molecule has 152 valence electrons. The molecule has 0 spiro atoms. The predicted octanol–water partition coefficient (Wildman–Crippen LogP) is 2.01. The lowest BCUT2D eigenvalue weighted by Gasteiger charge is -2.19. The number of esters is 1. The highest BCUT2D eigenvalue weighted by atomic mass is 35.5. The number of aryl methyl sites for hydroxylation is 1. The van der Waals surface area contributed by atoms with Gasteiger partial charge in [0.05, 0.1) is 12.0 Å². The molecule has 1 aromatic rings. The number of pyridine rings is 1. The number of amides is 2. The molecule has 1 aromatic heterocycles. The van der Waals surface area contributed by atoms with Gasteiger partial charge in [-0.25, -0.2) is 4.98 Å². The SMILES string of the molecule is COC(C(=O)Nc1cc(C)nc(Cl)c1)C(=O)N[C@H]1C=C[C@@H](C(=O)OC(C)C)C1. The summed E-state index contributed by atoms with van der Waals surface area (Å²) in [7, 11) is 1.27. The third kappa shape index (κ3) is 6.03. The van der Waals surface area contributed by atoms with E-state index in [0.717, 1.165) is 0 Å². The number of hydrogen-bond acceptors (Lipinski definition) is 6. The van der Waals surface area contributed by atoms with Crippen molar-refractivity contribution in [3.63, 3.8) is 0 Å². The molecule has 9 heteroatoms. The second-order valence-electron chi connectivity index (χ2n) is 6.75. The number of rotatable bonds is 7. The van der Waals surface area contributed by atoms with Crippen LogP contribution in [0.2, 0.25) is 5.15 Å². The van der Waals surface area contributed by atoms with E-state index < -0.39 is 23.8 Å². The Labute approximate surface area is 168 Å². The van der Waals surface area contributed by atoms with E-state index in [4.69, 9.17) is 21.1 Å². The average Bonchev–Trinajstić information content (AvgIpc) is 3.02. The van der Waals surface area contributed by atoms with Crippen molar-refractivity contribution < 1.29 is 23.9 Å². The second-order valence-corrected chi connectivity index (χ2v) is 7.14. The largest absolute Gasteiger partial charge is 0.463 e. The van der Waals surface area contributed by atoms with E-state index in [1.807, 2.05) is 0 Å². The Kier molecular flexibility index (Phi) is 7.53. The number of ether oxygens (including phenoxy) is 2. The lowest BCUT2D eigenvalue weighted by atomic mass is 10.1. The first-order chi connectivity index (χ1) is 13.2. The Morgan fingerprint density at radius 3 is 2.54 bits per heavy atom. The summed E-state index contributed by atoms with van der Waals surface area (Å²) in [5, 5.41) is 5.51. The summed E-state index contributed by atoms with van der Waals surface area (Å²) < 4.78 is 10.2. The van der Waals surface area contributed by atoms with Crippen LogP contribution in [0, 0.1) is 12.8 Å². The third-order valence-electron chi connectivity index (χ3n) is 3.97. The molecule has 1 aliphatic carbocycles. The van der Waals surface area contributed by atoms with Gasteiger partial charge in [0.1, 0.15) is 5.15 Å². The van der Waals surface area contributed by atoms with Gasteiger partial charge >= 0.3 is 5.97 Å². The van der Waals surface area contributed by atoms with Crippen LogP contribution in [0.5, 0.6) is 0 Å². The van der Waals surface area contributed by atoms with Gasteiger partial charge in [0.15, 0.2) is 0 Å². The van der Waals surface area contributed by atoms with E-state index in [-0.39, 0.29) is 23.3 Å². The van der Waals surface area contributed by atoms with Crippen molar-refractivity contribution in [2.45, 2.75) is 45.4 Å². The molecule has 0 saturated heterocycles. The van der Waals surface area contributed by atoms with Gasteiger partial charge in [-0.3, -0.25) is 14.4 Å². The molecule has 0 bridgehead atoms. The minimum absolute atomic E-state index is 0.207. The molecular formula is C19H24ClN3O5. The zero-order chi connectivity index (χ0) is 20.8. The van der Waals surface area contributed by atoms with E-state index in [2.05, 4.69) is 15.6 Å². The maximum Gasteiger partial charge on any atom is 0.313 e. The fraction of sp³-hybridized carbons (Fsp3) is 0.474. The zero-order valence-corrected chi connectivity index (χ0v) is 16.9. The van der Waals surface area contributed by atoms with Crippen LogP contribution in [0.15, 0.2) is 24.3 Å². The number of carbonyl (C=O) groups is 3. The minimum atomic E-state index is -1.36. The third-order valence-corrected chi connectivity index (χ3v) is 4.16. The standard InChI is InChI=1S/C19H24ClN3O5/c1-10(2)28-19(26)12-5-6-13(8-12)22-17(24)16(27-4)18(25)23-14-7-11(3)21-15(20)9-14/h5-7,9-10,12-13,16H,8H2,1-4H3,(H,22,24)(H,21,23,25)/t12-,13+,16?/m1/s1. The van der Waals surface area contributed by atoms with Crippen LogP contribution in [0.1, 0.15) is 26.0 Å². The maximum absolute atomic E-state index is 12.5. The fourth-order valence-electron chi connectivity index (χ4n) is 2.80. The summed E-state index contributed by atoms with van der Waals surface area (Å²) in [6, 6.07) is 2.71. The molecule has 28 heavy (non-hydrogen) atoms. The van der Waals surface area contributed by atoms with Gasteiger partial charge in [-0.2, -0.15) is 0 Å². The molecule has 8 nitrogen and oxygen atoms in total. The number of methoxy groups -OCH3 is 1. The number of halogens is 1. The van der Waals surface area contributed by atoms with Gasteiger partial charge in [-0.05, 0) is 39.3 Å². The van der Waals surface area contributed by atoms with Crippen LogP contribution in [0.25, 0.3) is 0 Å². The van der Waals surface area contributed by atoms with Crippen LogP contribution in [-0.2, 0) is 23.9 Å². The number of carbonyl (C=O) groups excluding carboxylic acids is 3. The molecule has 1 aliphatic rings. The van der Waals surface area contributed by atoms with E-state index in [9.17, 15) is 14.4 Å². The topological polar surface area (TPSA) is 107 Å². The van der Waals surface area contributed by atoms with Crippen LogP contribution < -0.4 is 10.6 Å². The zero-order valence-electron chi connectivity index (χ0n) is 16.2. The lowest BCUT2D eigenvalue weighted by molar-refractivity contribution is -0.151. The van der Waals surface area contributed by atoms with Crippen molar-refractivity contribution in [1.82, 2.24) is 10.3 Å². The molecule has 2 rings (SSSR count). The maximum atomic E-state index is 12.5. The fourth-order valence-corrected chi connectivity index (χ4v) is 3.05. The smallest absolute Gasteiger partial charge is 0.313 e. The van der Waals surface area contributed by atoms with E-state index >= 15 is 0 Å². The Bertz CT molecular complexity index is 761. The van der Waals surface area contributed by atoms with Crippen molar-refractivity contribution in [2.75, 3.05) is 12.4 Å². The van der Waals surface area contributed by atoms with Gasteiger partial charge in [-0.15, -0.1) is 0 Å². The molecule has 0 saturated carbocycles. The molecule has 2 N–H and O–H groups in total. The number of anilines is 1. The molecule has 3 atom stereocenters. The van der Waals surface area contributed by atoms with Crippen LogP contribution in [-0.4, -0.2) is 48.1 Å². The highest BCUT2D eigenvalue weighted by Crippen LogP contribution is 2.20. The predicted molar refractivity (Wildman–Crippen MR) is 104 cm³/mol. The molecule has 0 radical (unpaired) electrons. The number of nitrogens with one attached hydrogen (secondary N) is 2. The van der Waals surface area contributed by atoms with Crippen molar-refractivity contribution in [3.8, 4) is 0 Å². The first-order valence-corrected chi connectivity index (χ1v) is 9.24. The Morgan fingerprint density at radius 1 is 1.21 bits per heavy atom. The summed E-state index contributed by atoms with van der Waals surface area (Å²) >= 11 is 5.88. The molecule has 1 unspecified atom stereocenters. The molecule has 1 heterocycles. The first-order valence-electron chi connectivity index (χ1n) is 8.86. The number of aromatic nitrogens is 1. The van der Waals surface area contributed by atoms with Crippen molar-refractivity contribution in [2.24, 2.45) is 5.92 Å². The Morgan fingerprint density at radius 2 is 1.93 bits per heavy atom. The van der Waals surface area contributed by atoms with Gasteiger partial charge in [0, 0.05) is 24.5 Å². The summed E-state index contributed by atoms with van der Waals surface area (Å²) in [5.41, 5.74) is 1.03. The Balaban J connectivity index is 1.93. The van der Waals surface area contributed by atoms with Crippen LogP contribution in [0.4, 0.5) is 5.69 Å². The van der Waals surface area contributed by atoms with Crippen molar-refractivity contribution >= 4 is 35.1 Å². The van der Waals surface area contributed by atoms with E-state index in [1.165, 1.54) is 13.2 Å². The van der Waals surface area contributed by atoms with E-state index in [1.54, 1.807) is 39.0 Å². The van der Waals surface area contributed by atoms with Gasteiger partial charge < -0.3 is 20.1 Å². The van der Waals surface area contributed by atoms with Crippen LogP contribution in [0.3, 0.4) is 0 Å². The Hall–Kier alpha value is -2.45. The summed E-state index contributed by atoms with van der Waals surface area (Å²) in [6.45, 7) is 5.28. The molecular weight excluding hydrogens is 386 g/mol. The number of nitrogens with zero attached hydrogens (tertiary/aromatic N) is 1. The lowest BCUT2D eigenvalue weighted by Crippen LogP contribution is -2.47. The van der Waals surface area contributed by atoms with Crippen molar-refractivity contribution in [3.05, 3.63) is 35.1 Å². The van der Waals surface area contributed by atoms with Crippen molar-refractivity contribution in [1.29, 1.82) is 0 Å². The summed E-state index contributed by atoms with van der Waals surface area (Å²) in [6.07, 6.45) is 2.21. The molecule has 0 fully saturated rings. The molecule has 0 aliphatic heterocycles. The minimum Gasteiger partial charge on any atom is -0.463 e. The van der Waals surface area contributed by atoms with Gasteiger partial charge in [-0.1, -0.05) is 23.8 Å². The summed E-state index contributed by atoms with van der Waals surface area (Å²) in [5.74, 6) is -2.01. The van der Waals surface area contributed by atoms with E-state index in [0.29, 0.717) is 17.8 Å². The molecule has 0 aromatic carbocycles. The van der Waals surface area contributed by atoms with Gasteiger partial charge in [0.2, 0.25) is 6.10 Å². The average molecular weight is 410 g/mol. The van der Waals surface area contributed by atoms with Gasteiger partial charge in [0.25, 0.3) is 11.8 Å². The monoisotopic (exact) mass is 409 g/mol. The van der Waals surface area contributed by atoms with Crippen LogP contribution >= 0.6 is 11.6 Å². The summed E-state index contributed by atoms with van der Waals surface area (Å²) in [4.78, 5) is 40.8. The highest BCUT2D eigenvalue weighted by molar-refractivity contribution is 6.29. The molecule has 2 amide bonds. The quantitative estimate of drug-likeness (QED) is 0.309. The second kappa shape index (κ2) is 9.66. The normalized spacial score (nSPS) is 19.4. The number of hydrogen-bond donors (Lipinski definition) is 2. The first kappa shape index (κ1) is 21.8. The highest BCUT2D eigenvalue weighted by Gasteiger charge is 2.32.